The Kier molecular flexibility index (Phi) is 12.6. The zero-order valence-electron chi connectivity index (χ0n) is 21.3. The minimum Gasteiger partial charge on any atom is -0.481 e. The Morgan fingerprint density at radius 2 is 1.74 bits per heavy atom. The molecule has 2 aliphatic rings. The van der Waals surface area contributed by atoms with Crippen LogP contribution in [0.1, 0.15) is 78.6 Å². The van der Waals surface area contributed by atoms with Crippen molar-refractivity contribution in [2.24, 2.45) is 11.8 Å². The summed E-state index contributed by atoms with van der Waals surface area (Å²) in [6.45, 7) is 5.97. The lowest BCUT2D eigenvalue weighted by atomic mass is 9.80. The average molecular weight is 501 g/mol. The van der Waals surface area contributed by atoms with Crippen LogP contribution in [0, 0.1) is 11.8 Å². The van der Waals surface area contributed by atoms with E-state index in [1.807, 2.05) is 6.92 Å². The van der Waals surface area contributed by atoms with Gasteiger partial charge in [0.1, 0.15) is 6.10 Å². The van der Waals surface area contributed by atoms with Gasteiger partial charge in [0.05, 0.1) is 43.7 Å². The normalized spacial score (nSPS) is 30.9. The third kappa shape index (κ3) is 9.80. The predicted octanol–water partition coefficient (Wildman–Crippen LogP) is 2.59. The highest BCUT2D eigenvalue weighted by atomic mass is 16.6. The van der Waals surface area contributed by atoms with Crippen LogP contribution in [0.25, 0.3) is 0 Å². The number of carboxylic acid groups (broad SMARTS) is 1. The fourth-order valence-corrected chi connectivity index (χ4v) is 4.85. The molecule has 35 heavy (non-hydrogen) atoms. The average Bonchev–Trinajstić information content (AvgIpc) is 2.78. The molecule has 2 fully saturated rings. The lowest BCUT2D eigenvalue weighted by Gasteiger charge is -2.48. The second-order valence-electron chi connectivity index (χ2n) is 10.2. The van der Waals surface area contributed by atoms with E-state index >= 15 is 0 Å². The molecule has 2 saturated heterocycles. The minimum absolute atomic E-state index is 0.125. The van der Waals surface area contributed by atoms with Crippen molar-refractivity contribution in [1.82, 2.24) is 0 Å². The highest BCUT2D eigenvalue weighted by Gasteiger charge is 2.48. The van der Waals surface area contributed by atoms with Crippen LogP contribution in [-0.4, -0.2) is 82.2 Å². The molecule has 9 nitrogen and oxygen atoms in total. The number of rotatable bonds is 14. The Hall–Kier alpha value is -1.52. The van der Waals surface area contributed by atoms with Crippen molar-refractivity contribution in [3.63, 3.8) is 0 Å². The first-order chi connectivity index (χ1) is 16.6. The monoisotopic (exact) mass is 500 g/mol. The molecule has 0 amide bonds. The third-order valence-electron chi connectivity index (χ3n) is 7.14. The van der Waals surface area contributed by atoms with Gasteiger partial charge in [0.2, 0.25) is 0 Å². The van der Waals surface area contributed by atoms with E-state index in [9.17, 15) is 24.9 Å². The molecule has 0 aromatic heterocycles. The number of carbonyl (C=O) groups is 2. The van der Waals surface area contributed by atoms with E-state index in [-0.39, 0.29) is 18.3 Å². The summed E-state index contributed by atoms with van der Waals surface area (Å²) < 4.78 is 17.2. The van der Waals surface area contributed by atoms with Crippen LogP contribution >= 0.6 is 0 Å². The van der Waals surface area contributed by atoms with Gasteiger partial charge in [-0.3, -0.25) is 4.79 Å². The Morgan fingerprint density at radius 3 is 2.40 bits per heavy atom. The molecule has 4 N–H and O–H groups in total. The molecule has 202 valence electrons. The van der Waals surface area contributed by atoms with Gasteiger partial charge in [-0.1, -0.05) is 38.2 Å². The van der Waals surface area contributed by atoms with Crippen molar-refractivity contribution >= 4 is 11.9 Å². The van der Waals surface area contributed by atoms with Crippen molar-refractivity contribution in [3.05, 3.63) is 11.6 Å². The minimum atomic E-state index is -0.903. The number of ether oxygens (including phenoxy) is 3. The predicted molar refractivity (Wildman–Crippen MR) is 129 cm³/mol. The number of carbonyl (C=O) groups excluding carboxylic acids is 1. The van der Waals surface area contributed by atoms with Crippen molar-refractivity contribution in [3.8, 4) is 0 Å². The molecule has 8 unspecified atom stereocenters. The summed E-state index contributed by atoms with van der Waals surface area (Å²) >= 11 is 0. The van der Waals surface area contributed by atoms with Gasteiger partial charge in [-0.15, -0.1) is 0 Å². The number of esters is 1. The lowest BCUT2D eigenvalue weighted by Crippen LogP contribution is -2.59. The molecule has 0 aliphatic carbocycles. The summed E-state index contributed by atoms with van der Waals surface area (Å²) in [5, 5.41) is 39.9. The SMILES string of the molecule is CC(=CC(=O)OCCCCCCCCC(=O)O)CC1OCC2CC(O)C(C(C)C(C)O)OC2C1O. The number of unbranched alkanes of at least 4 members (excludes halogenated alkanes) is 5. The maximum absolute atomic E-state index is 12.1. The van der Waals surface area contributed by atoms with Gasteiger partial charge in [0.25, 0.3) is 0 Å². The van der Waals surface area contributed by atoms with E-state index in [0.29, 0.717) is 32.5 Å². The molecule has 0 bridgehead atoms. The Morgan fingerprint density at radius 1 is 1.09 bits per heavy atom. The van der Waals surface area contributed by atoms with Crippen LogP contribution in [0.3, 0.4) is 0 Å². The summed E-state index contributed by atoms with van der Waals surface area (Å²) in [6.07, 6.45) is 3.86. The summed E-state index contributed by atoms with van der Waals surface area (Å²) in [4.78, 5) is 22.6. The number of fused-ring (bicyclic) bond motifs is 1. The van der Waals surface area contributed by atoms with Gasteiger partial charge in [-0.2, -0.15) is 0 Å². The fourth-order valence-electron chi connectivity index (χ4n) is 4.85. The fraction of sp³-hybridized carbons (Fsp3) is 0.846. The summed E-state index contributed by atoms with van der Waals surface area (Å²) in [6, 6.07) is 0. The van der Waals surface area contributed by atoms with Gasteiger partial charge in [0.15, 0.2) is 0 Å². The van der Waals surface area contributed by atoms with E-state index in [1.54, 1.807) is 13.8 Å². The van der Waals surface area contributed by atoms with Crippen LogP contribution in [-0.2, 0) is 23.8 Å². The molecule has 9 heteroatoms. The van der Waals surface area contributed by atoms with E-state index < -0.39 is 48.6 Å². The first-order valence-corrected chi connectivity index (χ1v) is 13.0. The lowest BCUT2D eigenvalue weighted by molar-refractivity contribution is -0.252. The van der Waals surface area contributed by atoms with Crippen molar-refractivity contribution in [2.75, 3.05) is 13.2 Å². The number of hydrogen-bond donors (Lipinski definition) is 4. The van der Waals surface area contributed by atoms with Gasteiger partial charge in [0, 0.05) is 24.3 Å². The highest BCUT2D eigenvalue weighted by Crippen LogP contribution is 2.37. The molecule has 2 aliphatic heterocycles. The molecular weight excluding hydrogens is 456 g/mol. The van der Waals surface area contributed by atoms with Gasteiger partial charge in [-0.05, 0) is 39.5 Å². The second kappa shape index (κ2) is 14.9. The molecule has 0 aromatic carbocycles. The Labute approximate surface area is 208 Å². The van der Waals surface area contributed by atoms with E-state index in [1.165, 1.54) is 6.08 Å². The van der Waals surface area contributed by atoms with Crippen molar-refractivity contribution in [2.45, 2.75) is 115 Å². The van der Waals surface area contributed by atoms with Crippen LogP contribution in [0.4, 0.5) is 0 Å². The number of aliphatic hydroxyl groups excluding tert-OH is 3. The maximum atomic E-state index is 12.1. The topological polar surface area (TPSA) is 143 Å². The molecule has 0 radical (unpaired) electrons. The standard InChI is InChI=1S/C26H44O9/c1-16(13-23(31)33-11-9-7-5-4-6-8-10-22(29)30)12-21-24(32)26-19(15-34-21)14-20(28)25(35-26)17(2)18(3)27/h13,17-21,24-28,32H,4-12,14-15H2,1-3H3,(H,29,30). The summed E-state index contributed by atoms with van der Waals surface area (Å²) in [5.41, 5.74) is 0.737. The molecule has 2 rings (SSSR count). The Balaban J connectivity index is 1.71. The van der Waals surface area contributed by atoms with Gasteiger partial charge >= 0.3 is 11.9 Å². The van der Waals surface area contributed by atoms with E-state index in [0.717, 1.165) is 37.7 Å². The van der Waals surface area contributed by atoms with E-state index in [2.05, 4.69) is 0 Å². The van der Waals surface area contributed by atoms with Crippen LogP contribution in [0.15, 0.2) is 11.6 Å². The zero-order chi connectivity index (χ0) is 26.0. The number of aliphatic carboxylic acids is 1. The molecule has 2 heterocycles. The van der Waals surface area contributed by atoms with Crippen LogP contribution < -0.4 is 0 Å². The Bertz CT molecular complexity index is 692. The number of hydrogen-bond acceptors (Lipinski definition) is 8. The summed E-state index contributed by atoms with van der Waals surface area (Å²) in [5.74, 6) is -1.57. The van der Waals surface area contributed by atoms with E-state index in [4.69, 9.17) is 19.3 Å². The van der Waals surface area contributed by atoms with Crippen LogP contribution in [0.2, 0.25) is 0 Å². The van der Waals surface area contributed by atoms with Gasteiger partial charge in [-0.25, -0.2) is 4.79 Å². The molecule has 8 atom stereocenters. The molecule has 0 spiro atoms. The third-order valence-corrected chi connectivity index (χ3v) is 7.14. The molecule has 0 saturated carbocycles. The second-order valence-corrected chi connectivity index (χ2v) is 10.2. The molecule has 0 aromatic rings. The number of carboxylic acids is 1. The quantitative estimate of drug-likeness (QED) is 0.161. The smallest absolute Gasteiger partial charge is 0.330 e. The van der Waals surface area contributed by atoms with Crippen molar-refractivity contribution in [1.29, 1.82) is 0 Å². The first-order valence-electron chi connectivity index (χ1n) is 13.0. The molecular formula is C26H44O9. The summed E-state index contributed by atoms with van der Waals surface area (Å²) in [7, 11) is 0. The highest BCUT2D eigenvalue weighted by molar-refractivity contribution is 5.82. The maximum Gasteiger partial charge on any atom is 0.330 e. The largest absolute Gasteiger partial charge is 0.481 e. The van der Waals surface area contributed by atoms with Gasteiger partial charge < -0.3 is 34.6 Å². The van der Waals surface area contributed by atoms with Crippen molar-refractivity contribution < 1.29 is 44.2 Å². The van der Waals surface area contributed by atoms with Crippen LogP contribution in [0.5, 0.6) is 0 Å². The number of aliphatic hydroxyl groups is 3. The first kappa shape index (κ1) is 29.7. The zero-order valence-corrected chi connectivity index (χ0v) is 21.3.